The van der Waals surface area contributed by atoms with Crippen molar-refractivity contribution in [1.82, 2.24) is 10.6 Å². The zero-order chi connectivity index (χ0) is 15.0. The number of hydrogen-bond acceptors (Lipinski definition) is 3. The Labute approximate surface area is 118 Å². The molecule has 0 radical (unpaired) electrons. The van der Waals surface area contributed by atoms with Gasteiger partial charge in [0, 0.05) is 11.6 Å². The molecule has 104 valence electrons. The smallest absolute Gasteiger partial charge is 0.321 e. The van der Waals surface area contributed by atoms with Crippen LogP contribution in [0.2, 0.25) is 0 Å². The largest absolute Gasteiger partial charge is 0.326 e. The molecule has 0 heterocycles. The van der Waals surface area contributed by atoms with Gasteiger partial charge in [0.25, 0.3) is 5.91 Å². The summed E-state index contributed by atoms with van der Waals surface area (Å²) in [4.78, 5) is 23.5. The minimum atomic E-state index is -0.627. The summed E-state index contributed by atoms with van der Waals surface area (Å²) in [5.74, 6) is 4.86. The Balaban J connectivity index is 2.64. The molecular formula is C15H17N3O2. The van der Waals surface area contributed by atoms with Crippen LogP contribution in [0.25, 0.3) is 0 Å². The van der Waals surface area contributed by atoms with Crippen molar-refractivity contribution in [2.45, 2.75) is 19.9 Å². The first kappa shape index (κ1) is 15.5. The number of nitrogens with one attached hydrogen (secondary N) is 2. The lowest BCUT2D eigenvalue weighted by Gasteiger charge is -2.06. The number of urea groups is 1. The highest BCUT2D eigenvalue weighted by Gasteiger charge is 2.12. The molecule has 0 saturated heterocycles. The van der Waals surface area contributed by atoms with Crippen LogP contribution in [0.3, 0.4) is 0 Å². The average molecular weight is 271 g/mol. The Morgan fingerprint density at radius 3 is 2.75 bits per heavy atom. The fraction of sp³-hybridized carbons (Fsp3) is 0.200. The van der Waals surface area contributed by atoms with Crippen molar-refractivity contribution in [1.29, 1.82) is 0 Å². The number of carbonyl (C=O) groups excluding carboxylic acids is 2. The fourth-order valence-corrected chi connectivity index (χ4v) is 1.41. The number of imide groups is 1. The van der Waals surface area contributed by atoms with E-state index in [4.69, 9.17) is 5.73 Å². The summed E-state index contributed by atoms with van der Waals surface area (Å²) in [5.41, 5.74) is 6.46. The zero-order valence-corrected chi connectivity index (χ0v) is 11.4. The molecule has 4 N–H and O–H groups in total. The Morgan fingerprint density at radius 1 is 1.35 bits per heavy atom. The molecule has 0 aromatic heterocycles. The molecule has 1 rings (SSSR count). The standard InChI is InChI=1S/C15H17N3O2/c1-3-6-13(4-2)17-15(20)18-14(19)11-7-5-8-12(16)10-9-11/h4-5,7-10,12H,16H2,1-2H3,(H2,17,18,19,20)/b13-4+. The minimum Gasteiger partial charge on any atom is -0.321 e. The van der Waals surface area contributed by atoms with Gasteiger partial charge in [-0.05, 0) is 25.8 Å². The van der Waals surface area contributed by atoms with Gasteiger partial charge in [0.1, 0.15) is 0 Å². The first-order valence-electron chi connectivity index (χ1n) is 6.10. The van der Waals surface area contributed by atoms with Gasteiger partial charge in [0.2, 0.25) is 0 Å². The third kappa shape index (κ3) is 4.96. The number of amides is 3. The second-order valence-corrected chi connectivity index (χ2v) is 3.93. The minimum absolute atomic E-state index is 0.236. The van der Waals surface area contributed by atoms with E-state index in [9.17, 15) is 9.59 Å². The molecule has 3 amide bonds. The van der Waals surface area contributed by atoms with Crippen molar-refractivity contribution >= 4 is 11.9 Å². The number of rotatable bonds is 2. The van der Waals surface area contributed by atoms with Gasteiger partial charge in [-0.25, -0.2) is 4.79 Å². The van der Waals surface area contributed by atoms with Crippen LogP contribution in [0.5, 0.6) is 0 Å². The quantitative estimate of drug-likeness (QED) is 0.658. The Morgan fingerprint density at radius 2 is 2.10 bits per heavy atom. The molecule has 0 aromatic rings. The zero-order valence-electron chi connectivity index (χ0n) is 11.4. The van der Waals surface area contributed by atoms with Crippen LogP contribution in [-0.4, -0.2) is 18.0 Å². The van der Waals surface area contributed by atoms with Crippen molar-refractivity contribution < 1.29 is 9.59 Å². The van der Waals surface area contributed by atoms with Crippen LogP contribution in [0.1, 0.15) is 13.8 Å². The summed E-state index contributed by atoms with van der Waals surface area (Å²) >= 11 is 0. The van der Waals surface area contributed by atoms with Gasteiger partial charge in [0.05, 0.1) is 5.70 Å². The van der Waals surface area contributed by atoms with E-state index in [1.165, 1.54) is 0 Å². The van der Waals surface area contributed by atoms with Crippen LogP contribution >= 0.6 is 0 Å². The summed E-state index contributed by atoms with van der Waals surface area (Å²) in [6.45, 7) is 3.40. The van der Waals surface area contributed by atoms with Crippen molar-refractivity contribution in [3.8, 4) is 11.8 Å². The van der Waals surface area contributed by atoms with E-state index < -0.39 is 11.9 Å². The summed E-state index contributed by atoms with van der Waals surface area (Å²) in [7, 11) is 0. The average Bonchev–Trinajstić information content (AvgIpc) is 2.63. The molecule has 0 fully saturated rings. The number of carbonyl (C=O) groups is 2. The number of allylic oxidation sites excluding steroid dienone is 4. The molecular weight excluding hydrogens is 254 g/mol. The van der Waals surface area contributed by atoms with Gasteiger partial charge >= 0.3 is 6.03 Å². The monoisotopic (exact) mass is 271 g/mol. The van der Waals surface area contributed by atoms with E-state index >= 15 is 0 Å². The van der Waals surface area contributed by atoms with Crippen LogP contribution in [0.4, 0.5) is 4.79 Å². The Kier molecular flexibility index (Phi) is 6.01. The van der Waals surface area contributed by atoms with E-state index in [0.29, 0.717) is 11.3 Å². The van der Waals surface area contributed by atoms with Crippen molar-refractivity contribution in [3.05, 3.63) is 47.7 Å². The summed E-state index contributed by atoms with van der Waals surface area (Å²) in [6, 6.07) is -0.863. The van der Waals surface area contributed by atoms with Crippen molar-refractivity contribution in [2.24, 2.45) is 5.73 Å². The van der Waals surface area contributed by atoms with Crippen molar-refractivity contribution in [2.75, 3.05) is 0 Å². The third-order valence-corrected chi connectivity index (χ3v) is 2.39. The molecule has 0 aromatic carbocycles. The van der Waals surface area contributed by atoms with E-state index in [1.54, 1.807) is 50.3 Å². The Bertz CT molecular complexity index is 572. The maximum absolute atomic E-state index is 11.9. The predicted molar refractivity (Wildman–Crippen MR) is 78.2 cm³/mol. The second-order valence-electron chi connectivity index (χ2n) is 3.93. The molecule has 1 aliphatic rings. The first-order valence-corrected chi connectivity index (χ1v) is 6.10. The Hall–Kier alpha value is -2.58. The molecule has 1 unspecified atom stereocenters. The molecule has 0 aliphatic heterocycles. The molecule has 20 heavy (non-hydrogen) atoms. The molecule has 5 heteroatoms. The van der Waals surface area contributed by atoms with E-state index in [1.807, 2.05) is 0 Å². The lowest BCUT2D eigenvalue weighted by molar-refractivity contribution is -0.116. The van der Waals surface area contributed by atoms with E-state index in [2.05, 4.69) is 22.5 Å². The maximum Gasteiger partial charge on any atom is 0.326 e. The van der Waals surface area contributed by atoms with Gasteiger partial charge in [0.15, 0.2) is 0 Å². The van der Waals surface area contributed by atoms with Gasteiger partial charge in [-0.15, -0.1) is 0 Å². The second kappa shape index (κ2) is 7.77. The molecule has 0 saturated carbocycles. The van der Waals surface area contributed by atoms with Crippen LogP contribution in [0.15, 0.2) is 47.7 Å². The van der Waals surface area contributed by atoms with Gasteiger partial charge in [-0.1, -0.05) is 36.3 Å². The maximum atomic E-state index is 11.9. The lowest BCUT2D eigenvalue weighted by atomic mass is 10.2. The molecule has 5 nitrogen and oxygen atoms in total. The molecule has 1 atom stereocenters. The third-order valence-electron chi connectivity index (χ3n) is 2.39. The van der Waals surface area contributed by atoms with Gasteiger partial charge < -0.3 is 11.1 Å². The normalized spacial score (nSPS) is 17.4. The molecule has 0 spiro atoms. The first-order chi connectivity index (χ1) is 9.56. The number of hydrogen-bond donors (Lipinski definition) is 3. The van der Waals surface area contributed by atoms with Crippen LogP contribution in [0, 0.1) is 11.8 Å². The topological polar surface area (TPSA) is 84.2 Å². The van der Waals surface area contributed by atoms with Crippen LogP contribution in [-0.2, 0) is 4.79 Å². The molecule has 0 bridgehead atoms. The molecule has 1 aliphatic carbocycles. The van der Waals surface area contributed by atoms with E-state index in [0.717, 1.165) is 0 Å². The van der Waals surface area contributed by atoms with Crippen LogP contribution < -0.4 is 16.4 Å². The van der Waals surface area contributed by atoms with E-state index in [-0.39, 0.29) is 6.04 Å². The SMILES string of the molecule is CC#C/C(=C\C)NC(=O)NC(=O)C1=CC=CC(N)C=C1. The summed E-state index contributed by atoms with van der Waals surface area (Å²) in [6.07, 6.45) is 9.91. The highest BCUT2D eigenvalue weighted by molar-refractivity contribution is 6.06. The van der Waals surface area contributed by atoms with Crippen molar-refractivity contribution in [3.63, 3.8) is 0 Å². The van der Waals surface area contributed by atoms with Gasteiger partial charge in [-0.3, -0.25) is 10.1 Å². The number of nitrogens with two attached hydrogens (primary N) is 1. The highest BCUT2D eigenvalue weighted by Crippen LogP contribution is 2.04. The summed E-state index contributed by atoms with van der Waals surface area (Å²) in [5, 5.41) is 4.71. The predicted octanol–water partition coefficient (Wildman–Crippen LogP) is 1.12. The highest BCUT2D eigenvalue weighted by atomic mass is 16.2. The fourth-order valence-electron chi connectivity index (χ4n) is 1.41. The lowest BCUT2D eigenvalue weighted by Crippen LogP contribution is -2.39. The van der Waals surface area contributed by atoms with Gasteiger partial charge in [-0.2, -0.15) is 0 Å². The summed E-state index contributed by atoms with van der Waals surface area (Å²) < 4.78 is 0.